The van der Waals surface area contributed by atoms with Crippen molar-refractivity contribution in [1.82, 2.24) is 5.32 Å². The zero-order valence-corrected chi connectivity index (χ0v) is 26.3. The second-order valence-electron chi connectivity index (χ2n) is 16.3. The molecule has 226 valence electrons. The van der Waals surface area contributed by atoms with Crippen LogP contribution in [-0.4, -0.2) is 28.8 Å². The van der Waals surface area contributed by atoms with E-state index in [0.29, 0.717) is 23.7 Å². The summed E-state index contributed by atoms with van der Waals surface area (Å²) < 4.78 is 0. The summed E-state index contributed by atoms with van der Waals surface area (Å²) in [6.07, 6.45) is 10.1. The van der Waals surface area contributed by atoms with Crippen molar-refractivity contribution >= 4 is 5.97 Å². The lowest BCUT2D eigenvalue weighted by atomic mass is 9.32. The number of aliphatic hydroxyl groups is 1. The van der Waals surface area contributed by atoms with Crippen molar-refractivity contribution in [2.45, 2.75) is 111 Å². The maximum atomic E-state index is 12.9. The number of carboxylic acids is 1. The Morgan fingerprint density at radius 1 is 0.902 bits per heavy atom. The molecule has 0 radical (unpaired) electrons. The number of nitrogens with one attached hydrogen (secondary N) is 1. The van der Waals surface area contributed by atoms with E-state index in [9.17, 15) is 15.0 Å². The topological polar surface area (TPSA) is 69.6 Å². The molecule has 1 aromatic rings. The number of hydrogen-bond acceptors (Lipinski definition) is 3. The number of aliphatic carboxylic acids is 1. The van der Waals surface area contributed by atoms with E-state index in [1.54, 1.807) is 0 Å². The van der Waals surface area contributed by atoms with Crippen molar-refractivity contribution < 1.29 is 15.0 Å². The monoisotopic (exact) mass is 561 g/mol. The highest BCUT2D eigenvalue weighted by Crippen LogP contribution is 2.77. The minimum atomic E-state index is -0.559. The summed E-state index contributed by atoms with van der Waals surface area (Å²) in [7, 11) is 0. The van der Waals surface area contributed by atoms with Crippen molar-refractivity contribution in [3.8, 4) is 0 Å². The van der Waals surface area contributed by atoms with E-state index in [1.165, 1.54) is 24.0 Å². The van der Waals surface area contributed by atoms with Crippen LogP contribution in [0.25, 0.3) is 0 Å². The van der Waals surface area contributed by atoms with Crippen LogP contribution in [0.2, 0.25) is 0 Å². The van der Waals surface area contributed by atoms with Crippen LogP contribution < -0.4 is 5.32 Å². The standard InChI is InChI=1S/C37H55NO3/c1-24(2)26-14-19-37(32(40)41)21-20-35(5)27(31(26)37)12-13-29-33(3)17-16-30(39)34(4,28(33)15-18-36(29,35)6)23-38-22-25-10-8-7-9-11-25/h7-11,26-31,38-39H,1,12-23H2,2-6H3,(H,40,41)/t26-,27?,28+,29+,30?,31+,33-,34?,35+,36+,37-/m0/s1. The Morgan fingerprint density at radius 3 is 2.32 bits per heavy atom. The second kappa shape index (κ2) is 9.94. The van der Waals surface area contributed by atoms with Crippen molar-refractivity contribution in [2.75, 3.05) is 6.54 Å². The van der Waals surface area contributed by atoms with Gasteiger partial charge in [0.05, 0.1) is 11.5 Å². The Bertz CT molecular complexity index is 1180. The Morgan fingerprint density at radius 2 is 1.63 bits per heavy atom. The highest BCUT2D eigenvalue weighted by Gasteiger charge is 2.72. The lowest BCUT2D eigenvalue weighted by molar-refractivity contribution is -0.249. The van der Waals surface area contributed by atoms with Gasteiger partial charge in [-0.1, -0.05) is 70.2 Å². The lowest BCUT2D eigenvalue weighted by Crippen LogP contribution is -2.68. The summed E-state index contributed by atoms with van der Waals surface area (Å²) in [6.45, 7) is 18.4. The third kappa shape index (κ3) is 4.01. The molecule has 3 unspecified atom stereocenters. The van der Waals surface area contributed by atoms with Gasteiger partial charge in [0, 0.05) is 18.5 Å². The first-order valence-corrected chi connectivity index (χ1v) is 16.6. The van der Waals surface area contributed by atoms with Crippen LogP contribution in [0.4, 0.5) is 0 Å². The van der Waals surface area contributed by atoms with Gasteiger partial charge in [0.15, 0.2) is 0 Å². The third-order valence-electron chi connectivity index (χ3n) is 15.0. The van der Waals surface area contributed by atoms with E-state index in [2.05, 4.69) is 76.8 Å². The van der Waals surface area contributed by atoms with E-state index in [0.717, 1.165) is 64.5 Å². The first kappa shape index (κ1) is 29.4. The van der Waals surface area contributed by atoms with Crippen LogP contribution >= 0.6 is 0 Å². The van der Waals surface area contributed by atoms with E-state index < -0.39 is 11.4 Å². The van der Waals surface area contributed by atoms with Crippen molar-refractivity contribution in [3.63, 3.8) is 0 Å². The Labute approximate surface area is 248 Å². The molecule has 5 aliphatic rings. The summed E-state index contributed by atoms with van der Waals surface area (Å²) in [5.41, 5.74) is 2.30. The molecular formula is C37H55NO3. The quantitative estimate of drug-likeness (QED) is 0.309. The molecule has 0 saturated heterocycles. The van der Waals surface area contributed by atoms with Gasteiger partial charge in [0.2, 0.25) is 0 Å². The van der Waals surface area contributed by atoms with Gasteiger partial charge in [0.25, 0.3) is 0 Å². The second-order valence-corrected chi connectivity index (χ2v) is 16.3. The fourth-order valence-corrected chi connectivity index (χ4v) is 12.6. The van der Waals surface area contributed by atoms with E-state index in [4.69, 9.17) is 0 Å². The highest BCUT2D eigenvalue weighted by atomic mass is 16.4. The first-order valence-electron chi connectivity index (χ1n) is 16.6. The number of carboxylic acid groups (broad SMARTS) is 1. The summed E-state index contributed by atoms with van der Waals surface area (Å²) in [4.78, 5) is 12.9. The molecule has 4 nitrogen and oxygen atoms in total. The van der Waals surface area contributed by atoms with Gasteiger partial charge in [-0.2, -0.15) is 0 Å². The van der Waals surface area contributed by atoms with Crippen molar-refractivity contribution in [1.29, 1.82) is 0 Å². The van der Waals surface area contributed by atoms with Crippen molar-refractivity contribution in [2.24, 2.45) is 56.7 Å². The number of benzene rings is 1. The average Bonchev–Trinajstić information content (AvgIpc) is 3.34. The average molecular weight is 562 g/mol. The SMILES string of the molecule is C=C(C)[C@@H]1CC[C@]2(C(=O)O)CC[C@]3(C)C(CC[C@@H]4[C@@]5(C)CCC(O)C(C)(CNCc6ccccc6)[C@@H]5CC[C@]43C)[C@@H]12. The largest absolute Gasteiger partial charge is 0.481 e. The summed E-state index contributed by atoms with van der Waals surface area (Å²) in [5, 5.41) is 25.9. The van der Waals surface area contributed by atoms with Crippen LogP contribution in [0.3, 0.4) is 0 Å². The molecule has 0 spiro atoms. The fraction of sp³-hybridized carbons (Fsp3) is 0.757. The van der Waals surface area contributed by atoms with E-state index >= 15 is 0 Å². The number of fused-ring (bicyclic) bond motifs is 7. The molecule has 0 amide bonds. The minimum absolute atomic E-state index is 0.142. The molecule has 0 heterocycles. The molecule has 11 atom stereocenters. The van der Waals surface area contributed by atoms with Gasteiger partial charge >= 0.3 is 5.97 Å². The number of allylic oxidation sites excluding steroid dienone is 1. The molecule has 4 heteroatoms. The predicted molar refractivity (Wildman–Crippen MR) is 165 cm³/mol. The zero-order chi connectivity index (χ0) is 29.4. The molecule has 5 saturated carbocycles. The van der Waals surface area contributed by atoms with Gasteiger partial charge in [-0.05, 0) is 123 Å². The van der Waals surface area contributed by atoms with Gasteiger partial charge in [0.1, 0.15) is 0 Å². The number of rotatable bonds is 6. The van der Waals surface area contributed by atoms with Gasteiger partial charge < -0.3 is 15.5 Å². The summed E-state index contributed by atoms with van der Waals surface area (Å²) >= 11 is 0. The molecule has 3 N–H and O–H groups in total. The smallest absolute Gasteiger partial charge is 0.309 e. The predicted octanol–water partition coefficient (Wildman–Crippen LogP) is 7.86. The van der Waals surface area contributed by atoms with Crippen molar-refractivity contribution in [3.05, 3.63) is 48.0 Å². The zero-order valence-electron chi connectivity index (χ0n) is 26.3. The van der Waals surface area contributed by atoms with Gasteiger partial charge in [-0.25, -0.2) is 0 Å². The minimum Gasteiger partial charge on any atom is -0.481 e. The molecule has 5 fully saturated rings. The molecule has 6 rings (SSSR count). The van der Waals surface area contributed by atoms with E-state index in [1.807, 2.05) is 0 Å². The number of aliphatic hydroxyl groups excluding tert-OH is 1. The van der Waals surface area contributed by atoms with Crippen LogP contribution in [0.15, 0.2) is 42.5 Å². The molecule has 0 bridgehead atoms. The molecule has 0 aliphatic heterocycles. The normalized spacial score (nSPS) is 48.8. The van der Waals surface area contributed by atoms with Crippen LogP contribution in [0, 0.1) is 56.7 Å². The Kier molecular flexibility index (Phi) is 7.14. The Hall–Kier alpha value is -1.65. The number of hydrogen-bond donors (Lipinski definition) is 3. The van der Waals surface area contributed by atoms with E-state index in [-0.39, 0.29) is 33.7 Å². The third-order valence-corrected chi connectivity index (χ3v) is 15.0. The van der Waals surface area contributed by atoms with Gasteiger partial charge in [-0.3, -0.25) is 4.79 Å². The Balaban J connectivity index is 1.30. The summed E-state index contributed by atoms with van der Waals surface area (Å²) in [5.74, 6) is 1.56. The molecular weight excluding hydrogens is 506 g/mol. The first-order chi connectivity index (χ1) is 19.3. The maximum Gasteiger partial charge on any atom is 0.309 e. The fourth-order valence-electron chi connectivity index (χ4n) is 12.6. The van der Waals surface area contributed by atoms with Crippen LogP contribution in [0.1, 0.15) is 104 Å². The molecule has 1 aromatic carbocycles. The number of carbonyl (C=O) groups is 1. The van der Waals surface area contributed by atoms with Crippen LogP contribution in [0.5, 0.6) is 0 Å². The maximum absolute atomic E-state index is 12.9. The molecule has 5 aliphatic carbocycles. The lowest BCUT2D eigenvalue weighted by Gasteiger charge is -2.73. The molecule has 41 heavy (non-hydrogen) atoms. The highest BCUT2D eigenvalue weighted by molar-refractivity contribution is 5.76. The molecule has 0 aromatic heterocycles. The summed E-state index contributed by atoms with van der Waals surface area (Å²) in [6, 6.07) is 10.6. The van der Waals surface area contributed by atoms with Gasteiger partial charge in [-0.15, -0.1) is 0 Å². The van der Waals surface area contributed by atoms with Crippen LogP contribution in [-0.2, 0) is 11.3 Å².